The monoisotopic (exact) mass is 426 g/mol. The zero-order valence-electron chi connectivity index (χ0n) is 14.9. The molecule has 0 amide bonds. The molecule has 0 spiro atoms. The van der Waals surface area contributed by atoms with Gasteiger partial charge in [-0.3, -0.25) is 26.1 Å². The minimum atomic E-state index is -1.21. The molecule has 0 aliphatic heterocycles. The van der Waals surface area contributed by atoms with E-state index in [1.54, 1.807) is 6.92 Å². The Bertz CT molecular complexity index is 790. The van der Waals surface area contributed by atoms with Crippen molar-refractivity contribution in [3.63, 3.8) is 0 Å². The lowest BCUT2D eigenvalue weighted by atomic mass is 10.3. The summed E-state index contributed by atoms with van der Waals surface area (Å²) in [5.41, 5.74) is 11.3. The van der Waals surface area contributed by atoms with Gasteiger partial charge in [0.15, 0.2) is 17.5 Å². The Hall–Kier alpha value is -3.69. The van der Waals surface area contributed by atoms with Crippen LogP contribution in [0.4, 0.5) is 30.2 Å². The number of rotatable bonds is 3. The fourth-order valence-electron chi connectivity index (χ4n) is 1.33. The Morgan fingerprint density at radius 1 is 1.00 bits per heavy atom. The first-order valence-electron chi connectivity index (χ1n) is 7.03. The van der Waals surface area contributed by atoms with Crippen molar-refractivity contribution in [3.8, 4) is 0 Å². The molecule has 0 heterocycles. The average molecular weight is 426 g/mol. The van der Waals surface area contributed by atoms with Crippen molar-refractivity contribution in [1.29, 1.82) is 11.1 Å². The molecule has 2 aromatic rings. The summed E-state index contributed by atoms with van der Waals surface area (Å²) in [7, 11) is 0. The van der Waals surface area contributed by atoms with E-state index in [9.17, 15) is 33.4 Å². The zero-order chi connectivity index (χ0) is 22.3. The maximum absolute atomic E-state index is 12.8. The molecule has 0 saturated carbocycles. The highest BCUT2D eigenvalue weighted by atomic mass is 19.2. The summed E-state index contributed by atoms with van der Waals surface area (Å²) >= 11 is 0. The largest absolute Gasteiger partial charge is 0.412 e. The number of nitro benzene ring substituents is 2. The highest BCUT2D eigenvalue weighted by Gasteiger charge is 2.10. The molecule has 0 atom stereocenters. The number of nitro groups is 2. The Morgan fingerprint density at radius 2 is 1.38 bits per heavy atom. The number of nitrogen functional groups attached to an aromatic ring is 1. The second-order valence-electron chi connectivity index (χ2n) is 4.24. The van der Waals surface area contributed by atoms with Crippen LogP contribution in [-0.2, 0) is 0 Å². The Morgan fingerprint density at radius 3 is 1.69 bits per heavy atom. The summed E-state index contributed by atoms with van der Waals surface area (Å²) < 4.78 is 37.2. The number of aliphatic hydroxyl groups is 1. The van der Waals surface area contributed by atoms with E-state index in [-0.39, 0.29) is 24.9 Å². The maximum Gasteiger partial charge on any atom is 0.272 e. The van der Waals surface area contributed by atoms with Crippen LogP contribution in [0.3, 0.4) is 0 Å². The van der Waals surface area contributed by atoms with E-state index in [0.29, 0.717) is 12.1 Å². The lowest BCUT2D eigenvalue weighted by molar-refractivity contribution is -0.385. The predicted molar refractivity (Wildman–Crippen MR) is 97.8 cm³/mol. The minimum Gasteiger partial charge on any atom is -0.412 e. The van der Waals surface area contributed by atoms with Gasteiger partial charge >= 0.3 is 0 Å². The van der Waals surface area contributed by atoms with Gasteiger partial charge in [0.05, 0.1) is 27.7 Å². The van der Waals surface area contributed by atoms with Crippen LogP contribution in [-0.4, -0.2) is 27.0 Å². The van der Waals surface area contributed by atoms with Gasteiger partial charge in [-0.1, -0.05) is 0 Å². The first-order valence-corrected chi connectivity index (χ1v) is 7.03. The number of hydrazine groups is 1. The molecule has 2 rings (SSSR count). The number of nitrogens with two attached hydrogens (primary N) is 1. The minimum absolute atomic E-state index is 0. The number of aliphatic hydroxyl groups excluding tert-OH is 1. The molecular formula is C14H21F3N6O6. The molecule has 12 nitrogen and oxygen atoms in total. The highest BCUT2D eigenvalue weighted by Crippen LogP contribution is 2.19. The van der Waals surface area contributed by atoms with Gasteiger partial charge in [0.1, 0.15) is 0 Å². The lowest BCUT2D eigenvalue weighted by Gasteiger charge is -1.99. The van der Waals surface area contributed by atoms with Gasteiger partial charge in [-0.25, -0.2) is 24.2 Å². The van der Waals surface area contributed by atoms with Crippen molar-refractivity contribution in [2.75, 3.05) is 12.0 Å². The molecule has 0 aromatic heterocycles. The SMILES string of the molecule is CCO.N=N.NNc1ccc([N+](=O)[O-])cc1F.O.O=[N+]([O-])c1ccc(F)c(F)c1.[HH]. The summed E-state index contributed by atoms with van der Waals surface area (Å²) in [4.78, 5) is 18.7. The van der Waals surface area contributed by atoms with E-state index < -0.39 is 33.0 Å². The van der Waals surface area contributed by atoms with Crippen LogP contribution in [0.15, 0.2) is 36.4 Å². The van der Waals surface area contributed by atoms with Crippen molar-refractivity contribution >= 4 is 17.1 Å². The van der Waals surface area contributed by atoms with Crippen LogP contribution in [0.2, 0.25) is 0 Å². The molecule has 0 radical (unpaired) electrons. The molecule has 0 saturated heterocycles. The average Bonchev–Trinajstić information content (AvgIpc) is 2.66. The number of non-ortho nitro benzene ring substituents is 2. The summed E-state index contributed by atoms with van der Waals surface area (Å²) in [5, 5.41) is 27.7. The molecular weight excluding hydrogens is 405 g/mol. The number of nitrogens with zero attached hydrogens (tertiary/aromatic N) is 2. The van der Waals surface area contributed by atoms with E-state index >= 15 is 0 Å². The van der Waals surface area contributed by atoms with Gasteiger partial charge in [0, 0.05) is 20.2 Å². The number of nitrogens with one attached hydrogen (secondary N) is 3. The summed E-state index contributed by atoms with van der Waals surface area (Å²) in [6.45, 7) is 1.93. The van der Waals surface area contributed by atoms with Crippen molar-refractivity contribution in [2.45, 2.75) is 6.92 Å². The third kappa shape index (κ3) is 11.6. The van der Waals surface area contributed by atoms with Crippen LogP contribution in [0, 0.1) is 48.7 Å². The molecule has 0 aliphatic carbocycles. The summed E-state index contributed by atoms with van der Waals surface area (Å²) in [6.07, 6.45) is 0. The van der Waals surface area contributed by atoms with Crippen LogP contribution in [0.25, 0.3) is 0 Å². The fourth-order valence-corrected chi connectivity index (χ4v) is 1.33. The highest BCUT2D eigenvalue weighted by molar-refractivity contribution is 5.49. The van der Waals surface area contributed by atoms with Crippen molar-refractivity contribution in [2.24, 2.45) is 5.84 Å². The van der Waals surface area contributed by atoms with Gasteiger partial charge < -0.3 is 16.0 Å². The van der Waals surface area contributed by atoms with E-state index in [1.165, 1.54) is 6.07 Å². The van der Waals surface area contributed by atoms with Crippen LogP contribution in [0.1, 0.15) is 8.35 Å². The molecule has 0 fully saturated rings. The fraction of sp³-hybridized carbons (Fsp3) is 0.143. The van der Waals surface area contributed by atoms with Crippen molar-refractivity contribution in [1.82, 2.24) is 0 Å². The number of hydrogen-bond donors (Lipinski definition) is 5. The second-order valence-corrected chi connectivity index (χ2v) is 4.24. The van der Waals surface area contributed by atoms with Crippen LogP contribution in [0.5, 0.6) is 0 Å². The van der Waals surface area contributed by atoms with Crippen LogP contribution >= 0.6 is 0 Å². The molecule has 8 N–H and O–H groups in total. The molecule has 0 aliphatic rings. The van der Waals surface area contributed by atoms with Crippen molar-refractivity contribution < 1.29 is 35.0 Å². The molecule has 15 heteroatoms. The van der Waals surface area contributed by atoms with Gasteiger partial charge in [0.2, 0.25) is 0 Å². The molecule has 164 valence electrons. The third-order valence-electron chi connectivity index (χ3n) is 2.43. The molecule has 0 unspecified atom stereocenters. The van der Waals surface area contributed by atoms with E-state index in [0.717, 1.165) is 18.2 Å². The second kappa shape index (κ2) is 16.5. The first-order chi connectivity index (χ1) is 13.2. The number of anilines is 1. The summed E-state index contributed by atoms with van der Waals surface area (Å²) in [6, 6.07) is 5.32. The maximum atomic E-state index is 12.8. The summed E-state index contributed by atoms with van der Waals surface area (Å²) in [5.74, 6) is 1.88. The first kappa shape index (κ1) is 30.1. The number of halogens is 3. The Balaban J connectivity index is -0.000000176. The lowest BCUT2D eigenvalue weighted by Crippen LogP contribution is -2.08. The van der Waals surface area contributed by atoms with E-state index in [2.05, 4.69) is 5.43 Å². The molecule has 29 heavy (non-hydrogen) atoms. The quantitative estimate of drug-likeness (QED) is 0.213. The molecule has 0 bridgehead atoms. The van der Waals surface area contributed by atoms with Crippen molar-refractivity contribution in [3.05, 3.63) is 74.1 Å². The third-order valence-corrected chi connectivity index (χ3v) is 2.43. The van der Waals surface area contributed by atoms with Crippen LogP contribution < -0.4 is 11.3 Å². The zero-order valence-corrected chi connectivity index (χ0v) is 14.9. The van der Waals surface area contributed by atoms with Gasteiger partial charge in [-0.2, -0.15) is 0 Å². The standard InChI is InChI=1S/C6H3F2NO2.C6H6FN3O2.C2H6O.H2N2.H2O.H2/c7-5-2-1-4(9(10)11)3-6(5)8;7-5-3-4(10(11)12)1-2-6(5)9-8;1-2-3;1-2;;/h1-3H;1-3,9H,8H2;3H,2H2,1H3;1-2H;1H2;1H. The smallest absolute Gasteiger partial charge is 0.272 e. The molecule has 2 aromatic carbocycles. The number of hydrogen-bond acceptors (Lipinski definition) is 9. The normalized spacial score (nSPS) is 8.34. The van der Waals surface area contributed by atoms with Gasteiger partial charge in [0.25, 0.3) is 11.4 Å². The van der Waals surface area contributed by atoms with E-state index in [4.69, 9.17) is 22.0 Å². The Labute approximate surface area is 163 Å². The number of benzene rings is 2. The van der Waals surface area contributed by atoms with Gasteiger partial charge in [-0.15, -0.1) is 0 Å². The topological polar surface area (TPSA) is 224 Å². The Kier molecular flexibility index (Phi) is 17.1. The predicted octanol–water partition coefficient (Wildman–Crippen LogP) is 2.91. The van der Waals surface area contributed by atoms with Gasteiger partial charge in [-0.05, 0) is 19.1 Å². The van der Waals surface area contributed by atoms with E-state index in [1.807, 2.05) is 0 Å².